The molecular weight excluding hydrogens is 207 g/mol. The molecule has 0 saturated heterocycles. The number of ether oxygens (including phenoxy) is 2. The molecule has 0 spiro atoms. The van der Waals surface area contributed by atoms with Gasteiger partial charge in [0, 0.05) is 0 Å². The van der Waals surface area contributed by atoms with E-state index in [-0.39, 0.29) is 0 Å². The first kappa shape index (κ1) is 8.44. The van der Waals surface area contributed by atoms with Crippen molar-refractivity contribution < 1.29 is 9.47 Å². The molecular formula is C8H9O2Se. The van der Waals surface area contributed by atoms with Gasteiger partial charge in [-0.1, -0.05) is 0 Å². The molecule has 0 aliphatic carbocycles. The summed E-state index contributed by atoms with van der Waals surface area (Å²) in [6, 6.07) is 5.64. The Bertz CT molecular complexity index is 248. The van der Waals surface area contributed by atoms with Crippen molar-refractivity contribution in [2.75, 3.05) is 14.2 Å². The Morgan fingerprint density at radius 1 is 1.18 bits per heavy atom. The van der Waals surface area contributed by atoms with Crippen molar-refractivity contribution in [1.29, 1.82) is 0 Å². The molecule has 1 aromatic carbocycles. The van der Waals surface area contributed by atoms with Crippen molar-refractivity contribution in [2.24, 2.45) is 0 Å². The molecule has 1 aromatic rings. The van der Waals surface area contributed by atoms with Gasteiger partial charge in [0.05, 0.1) is 0 Å². The van der Waals surface area contributed by atoms with Crippen LogP contribution in [0.4, 0.5) is 0 Å². The van der Waals surface area contributed by atoms with Crippen molar-refractivity contribution in [2.45, 2.75) is 0 Å². The molecule has 1 radical (unpaired) electrons. The molecule has 0 amide bonds. The average molecular weight is 216 g/mol. The first-order valence-electron chi connectivity index (χ1n) is 3.17. The predicted octanol–water partition coefficient (Wildman–Crippen LogP) is 0.498. The van der Waals surface area contributed by atoms with Crippen LogP contribution in [-0.2, 0) is 0 Å². The average Bonchev–Trinajstić information content (AvgIpc) is 2.05. The summed E-state index contributed by atoms with van der Waals surface area (Å²) in [5, 5.41) is 0. The van der Waals surface area contributed by atoms with Crippen molar-refractivity contribution >= 4 is 20.5 Å². The van der Waals surface area contributed by atoms with Crippen LogP contribution in [0.3, 0.4) is 0 Å². The van der Waals surface area contributed by atoms with Gasteiger partial charge in [0.1, 0.15) is 0 Å². The van der Waals surface area contributed by atoms with Gasteiger partial charge in [0.25, 0.3) is 0 Å². The van der Waals surface area contributed by atoms with Gasteiger partial charge in [-0.25, -0.2) is 0 Å². The molecule has 0 aromatic heterocycles. The summed E-state index contributed by atoms with van der Waals surface area (Å²) in [4.78, 5) is 0. The zero-order valence-electron chi connectivity index (χ0n) is 6.46. The van der Waals surface area contributed by atoms with Crippen LogP contribution < -0.4 is 13.9 Å². The topological polar surface area (TPSA) is 18.5 Å². The van der Waals surface area contributed by atoms with Crippen molar-refractivity contribution in [3.8, 4) is 11.5 Å². The Hall–Kier alpha value is -0.661. The first-order valence-corrected chi connectivity index (χ1v) is 4.02. The summed E-state index contributed by atoms with van der Waals surface area (Å²) in [6.45, 7) is 0. The molecule has 0 N–H and O–H groups in total. The fourth-order valence-electron chi connectivity index (χ4n) is 0.775. The summed E-state index contributed by atoms with van der Waals surface area (Å²) in [5.41, 5.74) is 0. The second-order valence-corrected chi connectivity index (χ2v) is 2.94. The van der Waals surface area contributed by atoms with Crippen LogP contribution in [0.1, 0.15) is 0 Å². The van der Waals surface area contributed by atoms with E-state index in [1.54, 1.807) is 14.2 Å². The SMILES string of the molecule is COc1ccc([Se])c(OC)c1. The van der Waals surface area contributed by atoms with Crippen LogP contribution in [0.25, 0.3) is 0 Å². The van der Waals surface area contributed by atoms with Crippen molar-refractivity contribution in [3.05, 3.63) is 18.2 Å². The number of hydrogen-bond donors (Lipinski definition) is 0. The minimum absolute atomic E-state index is 0.806. The van der Waals surface area contributed by atoms with Gasteiger partial charge < -0.3 is 0 Å². The van der Waals surface area contributed by atoms with Crippen LogP contribution in [0.2, 0.25) is 0 Å². The molecule has 0 aliphatic rings. The zero-order valence-corrected chi connectivity index (χ0v) is 8.17. The molecule has 3 heteroatoms. The molecule has 59 valence electrons. The van der Waals surface area contributed by atoms with E-state index >= 15 is 0 Å². The maximum atomic E-state index is 5.08. The van der Waals surface area contributed by atoms with E-state index in [0.717, 1.165) is 16.0 Å². The van der Waals surface area contributed by atoms with Crippen LogP contribution >= 0.6 is 0 Å². The Morgan fingerprint density at radius 2 is 1.91 bits per heavy atom. The number of benzene rings is 1. The quantitative estimate of drug-likeness (QED) is 0.670. The van der Waals surface area contributed by atoms with Crippen LogP contribution in [0.15, 0.2) is 18.2 Å². The number of methoxy groups -OCH3 is 2. The third-order valence-electron chi connectivity index (χ3n) is 1.37. The third-order valence-corrected chi connectivity index (χ3v) is 2.08. The van der Waals surface area contributed by atoms with E-state index < -0.39 is 0 Å². The van der Waals surface area contributed by atoms with Crippen LogP contribution in [0, 0.1) is 0 Å². The molecule has 11 heavy (non-hydrogen) atoms. The van der Waals surface area contributed by atoms with E-state index in [2.05, 4.69) is 16.0 Å². The van der Waals surface area contributed by atoms with Crippen molar-refractivity contribution in [1.82, 2.24) is 0 Å². The number of rotatable bonds is 2. The first-order chi connectivity index (χ1) is 5.27. The van der Waals surface area contributed by atoms with Gasteiger partial charge in [-0.2, -0.15) is 0 Å². The maximum absolute atomic E-state index is 5.08. The molecule has 0 unspecified atom stereocenters. The standard InChI is InChI=1S/C8H9O2Se/c1-9-6-3-4-8(11)7(5-6)10-2/h3-5H,1-2H3. The van der Waals surface area contributed by atoms with Gasteiger partial charge >= 0.3 is 73.9 Å². The van der Waals surface area contributed by atoms with E-state index in [9.17, 15) is 0 Å². The summed E-state index contributed by atoms with van der Waals surface area (Å²) < 4.78 is 11.1. The van der Waals surface area contributed by atoms with E-state index in [1.807, 2.05) is 18.2 Å². The number of hydrogen-bond acceptors (Lipinski definition) is 2. The Morgan fingerprint density at radius 3 is 2.45 bits per heavy atom. The molecule has 2 nitrogen and oxygen atoms in total. The zero-order chi connectivity index (χ0) is 8.27. The van der Waals surface area contributed by atoms with E-state index in [1.165, 1.54) is 0 Å². The normalized spacial score (nSPS) is 9.27. The van der Waals surface area contributed by atoms with E-state index in [0.29, 0.717) is 0 Å². The predicted molar refractivity (Wildman–Crippen MR) is 44.9 cm³/mol. The molecule has 0 saturated carbocycles. The molecule has 0 bridgehead atoms. The second kappa shape index (κ2) is 3.65. The van der Waals surface area contributed by atoms with Crippen LogP contribution in [0.5, 0.6) is 11.5 Å². The fraction of sp³-hybridized carbons (Fsp3) is 0.250. The van der Waals surface area contributed by atoms with Crippen molar-refractivity contribution in [3.63, 3.8) is 0 Å². The Labute approximate surface area is 74.3 Å². The summed E-state index contributed by atoms with van der Waals surface area (Å²) in [5.74, 6) is 1.62. The monoisotopic (exact) mass is 217 g/mol. The summed E-state index contributed by atoms with van der Waals surface area (Å²) in [7, 11) is 3.27. The van der Waals surface area contributed by atoms with Crippen LogP contribution in [-0.4, -0.2) is 30.2 Å². The molecule has 0 aliphatic heterocycles. The third kappa shape index (κ3) is 1.88. The van der Waals surface area contributed by atoms with Gasteiger partial charge in [-0.05, 0) is 0 Å². The molecule has 0 fully saturated rings. The Kier molecular flexibility index (Phi) is 2.80. The van der Waals surface area contributed by atoms with Gasteiger partial charge in [0.2, 0.25) is 0 Å². The summed E-state index contributed by atoms with van der Waals surface area (Å²) in [6.07, 6.45) is 0. The Balaban J connectivity index is 3.02. The van der Waals surface area contributed by atoms with Gasteiger partial charge in [-0.15, -0.1) is 0 Å². The molecule has 1 rings (SSSR count). The second-order valence-electron chi connectivity index (χ2n) is 2.02. The van der Waals surface area contributed by atoms with E-state index in [4.69, 9.17) is 9.47 Å². The minimum atomic E-state index is 0.806. The summed E-state index contributed by atoms with van der Waals surface area (Å²) >= 11 is 2.89. The molecule has 0 atom stereocenters. The fourth-order valence-corrected chi connectivity index (χ4v) is 1.22. The van der Waals surface area contributed by atoms with Gasteiger partial charge in [-0.3, -0.25) is 0 Å². The van der Waals surface area contributed by atoms with Gasteiger partial charge in [0.15, 0.2) is 0 Å². The molecule has 0 heterocycles.